The summed E-state index contributed by atoms with van der Waals surface area (Å²) < 4.78 is 5.74. The monoisotopic (exact) mass is 469 g/mol. The number of nitrogens with one attached hydrogen (secondary N) is 2. The first-order valence-corrected chi connectivity index (χ1v) is 11.7. The predicted molar refractivity (Wildman–Crippen MR) is 128 cm³/mol. The molecule has 2 unspecified atom stereocenters. The van der Waals surface area contributed by atoms with Gasteiger partial charge in [-0.25, -0.2) is 4.98 Å². The topological polar surface area (TPSA) is 80.3 Å². The molecular weight excluding hydrogens is 446 g/mol. The van der Waals surface area contributed by atoms with Gasteiger partial charge in [-0.15, -0.1) is 11.3 Å². The van der Waals surface area contributed by atoms with Crippen molar-refractivity contribution in [3.63, 3.8) is 0 Å². The van der Waals surface area contributed by atoms with Crippen molar-refractivity contribution in [1.29, 1.82) is 0 Å². The number of hydrogen-bond donors (Lipinski definition) is 2. The number of benzene rings is 1. The van der Waals surface area contributed by atoms with E-state index in [9.17, 15) is 9.59 Å². The van der Waals surface area contributed by atoms with Crippen molar-refractivity contribution in [2.45, 2.75) is 39.2 Å². The number of carbonyl (C=O) groups is 2. The van der Waals surface area contributed by atoms with E-state index in [4.69, 9.17) is 16.3 Å². The maximum atomic E-state index is 13.2. The molecule has 1 aliphatic carbocycles. The SMILES string of the molecule is CC1CCc2c(sc(NC(=O)C(C)Oc3cccc(Cl)c3)c2C(=O)Nc2ccccn2)C1. The van der Waals surface area contributed by atoms with Crippen LogP contribution in [0.2, 0.25) is 5.02 Å². The second kappa shape index (κ2) is 9.71. The van der Waals surface area contributed by atoms with E-state index in [0.29, 0.717) is 33.1 Å². The van der Waals surface area contributed by atoms with Crippen molar-refractivity contribution in [2.75, 3.05) is 10.6 Å². The van der Waals surface area contributed by atoms with E-state index < -0.39 is 6.10 Å². The van der Waals surface area contributed by atoms with Gasteiger partial charge < -0.3 is 15.4 Å². The largest absolute Gasteiger partial charge is 0.481 e. The lowest BCUT2D eigenvalue weighted by molar-refractivity contribution is -0.122. The standard InChI is InChI=1S/C24H24ClN3O3S/c1-14-9-10-18-19(12-14)32-24(21(18)23(30)27-20-8-3-4-11-26-20)28-22(29)15(2)31-17-7-5-6-16(25)13-17/h3-8,11,13-15H,9-10,12H2,1-2H3,(H,28,29)(H,26,27,30). The summed E-state index contributed by atoms with van der Waals surface area (Å²) in [6.45, 7) is 3.87. The van der Waals surface area contributed by atoms with E-state index in [0.717, 1.165) is 29.7 Å². The van der Waals surface area contributed by atoms with Gasteiger partial charge in [-0.2, -0.15) is 0 Å². The van der Waals surface area contributed by atoms with Crippen LogP contribution in [0.5, 0.6) is 5.75 Å². The quantitative estimate of drug-likeness (QED) is 0.493. The fraction of sp³-hybridized carbons (Fsp3) is 0.292. The average molecular weight is 470 g/mol. The molecule has 2 heterocycles. The molecule has 2 atom stereocenters. The van der Waals surface area contributed by atoms with Crippen LogP contribution in [0, 0.1) is 5.92 Å². The molecule has 166 valence electrons. The zero-order valence-electron chi connectivity index (χ0n) is 17.9. The summed E-state index contributed by atoms with van der Waals surface area (Å²) >= 11 is 7.47. The molecular formula is C24H24ClN3O3S. The summed E-state index contributed by atoms with van der Waals surface area (Å²) in [6.07, 6.45) is 3.57. The van der Waals surface area contributed by atoms with Crippen molar-refractivity contribution >= 4 is 45.6 Å². The maximum Gasteiger partial charge on any atom is 0.265 e. The van der Waals surface area contributed by atoms with E-state index >= 15 is 0 Å². The molecule has 2 amide bonds. The Bertz CT molecular complexity index is 1130. The molecule has 6 nitrogen and oxygen atoms in total. The Hall–Kier alpha value is -2.90. The number of anilines is 2. The smallest absolute Gasteiger partial charge is 0.265 e. The third-order valence-corrected chi connectivity index (χ3v) is 6.77. The molecule has 0 fully saturated rings. The lowest BCUT2D eigenvalue weighted by atomic mass is 9.88. The van der Waals surface area contributed by atoms with Gasteiger partial charge in [0.15, 0.2) is 6.10 Å². The average Bonchev–Trinajstić information content (AvgIpc) is 3.11. The molecule has 0 bridgehead atoms. The molecule has 8 heteroatoms. The molecule has 0 radical (unpaired) electrons. The van der Waals surface area contributed by atoms with Crippen LogP contribution in [0.4, 0.5) is 10.8 Å². The number of pyridine rings is 1. The van der Waals surface area contributed by atoms with Gasteiger partial charge in [-0.3, -0.25) is 9.59 Å². The number of halogens is 1. The number of rotatable bonds is 6. The molecule has 2 N–H and O–H groups in total. The summed E-state index contributed by atoms with van der Waals surface area (Å²) in [6, 6.07) is 12.2. The van der Waals surface area contributed by atoms with Gasteiger partial charge in [-0.05, 0) is 68.0 Å². The number of hydrogen-bond acceptors (Lipinski definition) is 5. The summed E-state index contributed by atoms with van der Waals surface area (Å²) in [7, 11) is 0. The Morgan fingerprint density at radius 1 is 1.22 bits per heavy atom. The molecule has 0 saturated heterocycles. The Morgan fingerprint density at radius 2 is 2.06 bits per heavy atom. The second-order valence-electron chi connectivity index (χ2n) is 7.93. The number of thiophene rings is 1. The van der Waals surface area contributed by atoms with Crippen molar-refractivity contribution in [1.82, 2.24) is 4.98 Å². The molecule has 2 aromatic heterocycles. The van der Waals surface area contributed by atoms with Gasteiger partial charge >= 0.3 is 0 Å². The predicted octanol–water partition coefficient (Wildman–Crippen LogP) is 5.58. The molecule has 0 spiro atoms. The van der Waals surface area contributed by atoms with Gasteiger partial charge in [0, 0.05) is 16.1 Å². The van der Waals surface area contributed by atoms with Crippen LogP contribution in [0.3, 0.4) is 0 Å². The highest BCUT2D eigenvalue weighted by Gasteiger charge is 2.29. The van der Waals surface area contributed by atoms with Gasteiger partial charge in [0.05, 0.1) is 5.56 Å². The fourth-order valence-corrected chi connectivity index (χ4v) is 5.30. The van der Waals surface area contributed by atoms with Crippen LogP contribution in [-0.2, 0) is 17.6 Å². The third-order valence-electron chi connectivity index (χ3n) is 5.36. The zero-order chi connectivity index (χ0) is 22.7. The lowest BCUT2D eigenvalue weighted by Crippen LogP contribution is -2.30. The van der Waals surface area contributed by atoms with Crippen LogP contribution < -0.4 is 15.4 Å². The highest BCUT2D eigenvalue weighted by molar-refractivity contribution is 7.17. The van der Waals surface area contributed by atoms with Crippen LogP contribution >= 0.6 is 22.9 Å². The summed E-state index contributed by atoms with van der Waals surface area (Å²) in [5.74, 6) is 0.920. The first-order valence-electron chi connectivity index (χ1n) is 10.5. The zero-order valence-corrected chi connectivity index (χ0v) is 19.4. The normalized spacial score (nSPS) is 16.0. The summed E-state index contributed by atoms with van der Waals surface area (Å²) in [5, 5.41) is 6.85. The molecule has 1 aliphatic rings. The van der Waals surface area contributed by atoms with Gasteiger partial charge in [0.2, 0.25) is 0 Å². The van der Waals surface area contributed by atoms with Crippen LogP contribution in [0.1, 0.15) is 41.1 Å². The molecule has 32 heavy (non-hydrogen) atoms. The minimum atomic E-state index is -0.766. The van der Waals surface area contributed by atoms with Crippen LogP contribution in [0.25, 0.3) is 0 Å². The lowest BCUT2D eigenvalue weighted by Gasteiger charge is -2.18. The first-order chi connectivity index (χ1) is 15.4. The Labute approximate surface area is 196 Å². The minimum Gasteiger partial charge on any atom is -0.481 e. The second-order valence-corrected chi connectivity index (χ2v) is 9.47. The first kappa shape index (κ1) is 22.3. The van der Waals surface area contributed by atoms with E-state index in [1.54, 1.807) is 49.5 Å². The Balaban J connectivity index is 1.57. The van der Waals surface area contributed by atoms with Gasteiger partial charge in [0.1, 0.15) is 16.6 Å². The minimum absolute atomic E-state index is 0.269. The van der Waals surface area contributed by atoms with Crippen molar-refractivity contribution in [3.05, 3.63) is 69.7 Å². The van der Waals surface area contributed by atoms with Crippen LogP contribution in [-0.4, -0.2) is 22.9 Å². The number of nitrogens with zero attached hydrogens (tertiary/aromatic N) is 1. The Morgan fingerprint density at radius 3 is 2.81 bits per heavy atom. The number of carbonyl (C=O) groups excluding carboxylic acids is 2. The summed E-state index contributed by atoms with van der Waals surface area (Å²) in [4.78, 5) is 31.4. The van der Waals surface area contributed by atoms with E-state index in [2.05, 4.69) is 22.5 Å². The molecule has 4 rings (SSSR count). The highest BCUT2D eigenvalue weighted by Crippen LogP contribution is 2.40. The molecule has 1 aromatic carbocycles. The van der Waals surface area contributed by atoms with Gasteiger partial charge in [0.25, 0.3) is 11.8 Å². The van der Waals surface area contributed by atoms with Crippen molar-refractivity contribution < 1.29 is 14.3 Å². The Kier molecular flexibility index (Phi) is 6.77. The van der Waals surface area contributed by atoms with E-state index in [1.807, 2.05) is 6.07 Å². The number of fused-ring (bicyclic) bond motifs is 1. The molecule has 0 aliphatic heterocycles. The van der Waals surface area contributed by atoms with E-state index in [-0.39, 0.29) is 11.8 Å². The molecule has 0 saturated carbocycles. The maximum absolute atomic E-state index is 13.2. The summed E-state index contributed by atoms with van der Waals surface area (Å²) in [5.41, 5.74) is 1.53. The number of aromatic nitrogens is 1. The van der Waals surface area contributed by atoms with Crippen LogP contribution in [0.15, 0.2) is 48.7 Å². The number of ether oxygens (including phenoxy) is 1. The van der Waals surface area contributed by atoms with E-state index in [1.165, 1.54) is 11.3 Å². The van der Waals surface area contributed by atoms with Crippen molar-refractivity contribution in [3.8, 4) is 5.75 Å². The number of amides is 2. The highest BCUT2D eigenvalue weighted by atomic mass is 35.5. The van der Waals surface area contributed by atoms with Gasteiger partial charge in [-0.1, -0.05) is 30.7 Å². The third kappa shape index (κ3) is 5.11. The fourth-order valence-electron chi connectivity index (χ4n) is 3.71. The molecule has 3 aromatic rings. The van der Waals surface area contributed by atoms with Crippen molar-refractivity contribution in [2.24, 2.45) is 5.92 Å².